The Labute approximate surface area is 279 Å². The summed E-state index contributed by atoms with van der Waals surface area (Å²) in [5, 5.41) is 5.12. The molecule has 0 N–H and O–H groups in total. The molecule has 218 valence electrons. The molecule has 0 saturated carbocycles. The number of fused-ring (bicyclic) bond motifs is 6. The van der Waals surface area contributed by atoms with E-state index in [9.17, 15) is 0 Å². The number of halogens is 1. The highest BCUT2D eigenvalue weighted by atomic mass is 79.9. The second-order valence-corrected chi connectivity index (χ2v) is 13.5. The molecular weight excluding hydrogens is 644 g/mol. The summed E-state index contributed by atoms with van der Waals surface area (Å²) < 4.78 is 6.13. The zero-order valence-electron chi connectivity index (χ0n) is 24.8. The minimum absolute atomic E-state index is 1.08. The first-order valence-corrected chi connectivity index (χ1v) is 17.0. The highest BCUT2D eigenvalue weighted by Gasteiger charge is 2.19. The SMILES string of the molecule is Brc1ccccc1-c1cccc(N(c2ccccc2)c2ccc3c(c2)c2cc4sc5ccccc5c4cc2n3-c2ccccc2)c1. The molecule has 2 nitrogen and oxygen atoms in total. The molecule has 0 aliphatic carbocycles. The molecule has 0 amide bonds. The van der Waals surface area contributed by atoms with Crippen LogP contribution in [0.4, 0.5) is 17.1 Å². The van der Waals surface area contributed by atoms with Gasteiger partial charge in [0.1, 0.15) is 0 Å². The van der Waals surface area contributed by atoms with Crippen LogP contribution in [0.2, 0.25) is 0 Å². The monoisotopic (exact) mass is 670 g/mol. The minimum Gasteiger partial charge on any atom is -0.310 e. The fourth-order valence-electron chi connectivity index (χ4n) is 6.75. The lowest BCUT2D eigenvalue weighted by atomic mass is 10.0. The van der Waals surface area contributed by atoms with Crippen LogP contribution in [0.15, 0.2) is 168 Å². The largest absolute Gasteiger partial charge is 0.310 e. The Morgan fingerprint density at radius 2 is 1.15 bits per heavy atom. The molecule has 0 radical (unpaired) electrons. The number of benzene rings is 7. The van der Waals surface area contributed by atoms with Gasteiger partial charge in [-0.05, 0) is 90.0 Å². The third kappa shape index (κ3) is 4.45. The molecule has 0 atom stereocenters. The van der Waals surface area contributed by atoms with Crippen LogP contribution in [-0.4, -0.2) is 4.57 Å². The lowest BCUT2D eigenvalue weighted by Crippen LogP contribution is -2.10. The standard InChI is InChI=1S/C42H27BrN2S/c43-38-20-9-7-18-33(38)28-12-11-17-31(24-28)44(29-13-3-1-4-14-29)32-22-23-39-35(25-32)36-27-42-37(34-19-8-10-21-41(34)46-42)26-40(36)45(39)30-15-5-2-6-16-30/h1-27H. The van der Waals surface area contributed by atoms with E-state index in [1.54, 1.807) is 0 Å². The average Bonchev–Trinajstić information content (AvgIpc) is 3.63. The van der Waals surface area contributed by atoms with E-state index in [2.05, 4.69) is 189 Å². The molecule has 0 aliphatic heterocycles. The van der Waals surface area contributed by atoms with Gasteiger partial charge >= 0.3 is 0 Å². The Balaban J connectivity index is 1.31. The van der Waals surface area contributed by atoms with Gasteiger partial charge in [0.2, 0.25) is 0 Å². The maximum absolute atomic E-state index is 3.77. The highest BCUT2D eigenvalue weighted by molar-refractivity contribution is 9.10. The van der Waals surface area contributed by atoms with E-state index in [0.717, 1.165) is 27.2 Å². The van der Waals surface area contributed by atoms with Crippen LogP contribution in [0.3, 0.4) is 0 Å². The van der Waals surface area contributed by atoms with Gasteiger partial charge in [-0.25, -0.2) is 0 Å². The van der Waals surface area contributed by atoms with E-state index in [-0.39, 0.29) is 0 Å². The lowest BCUT2D eigenvalue weighted by Gasteiger charge is -2.26. The van der Waals surface area contributed by atoms with Crippen LogP contribution in [0.5, 0.6) is 0 Å². The summed E-state index contributed by atoms with van der Waals surface area (Å²) in [6.07, 6.45) is 0. The average molecular weight is 672 g/mol. The molecule has 0 fully saturated rings. The van der Waals surface area contributed by atoms with Crippen molar-refractivity contribution in [1.29, 1.82) is 0 Å². The molecule has 2 heterocycles. The van der Waals surface area contributed by atoms with Crippen LogP contribution < -0.4 is 4.90 Å². The molecule has 0 bridgehead atoms. The van der Waals surface area contributed by atoms with Crippen molar-refractivity contribution in [1.82, 2.24) is 4.57 Å². The summed E-state index contributed by atoms with van der Waals surface area (Å²) in [5.74, 6) is 0. The zero-order chi connectivity index (χ0) is 30.6. The Morgan fingerprint density at radius 3 is 2.00 bits per heavy atom. The first-order valence-electron chi connectivity index (χ1n) is 15.4. The molecule has 46 heavy (non-hydrogen) atoms. The number of hydrogen-bond donors (Lipinski definition) is 0. The van der Waals surface area contributed by atoms with E-state index in [0.29, 0.717) is 0 Å². The Hall–Kier alpha value is -5.16. The fraction of sp³-hybridized carbons (Fsp3) is 0. The van der Waals surface area contributed by atoms with Crippen molar-refractivity contribution >= 4 is 86.3 Å². The van der Waals surface area contributed by atoms with Crippen molar-refractivity contribution in [3.8, 4) is 16.8 Å². The van der Waals surface area contributed by atoms with Crippen LogP contribution in [0.1, 0.15) is 0 Å². The van der Waals surface area contributed by atoms with Gasteiger partial charge in [-0.1, -0.05) is 101 Å². The number of thiophene rings is 1. The molecule has 4 heteroatoms. The van der Waals surface area contributed by atoms with Crippen LogP contribution in [0.25, 0.3) is 58.8 Å². The first kappa shape index (κ1) is 27.2. The first-order chi connectivity index (χ1) is 22.7. The van der Waals surface area contributed by atoms with Crippen molar-refractivity contribution in [2.75, 3.05) is 4.90 Å². The molecule has 0 spiro atoms. The van der Waals surface area contributed by atoms with Gasteiger partial charge in [-0.2, -0.15) is 0 Å². The predicted molar refractivity (Wildman–Crippen MR) is 201 cm³/mol. The normalized spacial score (nSPS) is 11.6. The Bertz CT molecular complexity index is 2550. The molecule has 7 aromatic carbocycles. The molecule has 9 aromatic rings. The summed E-state index contributed by atoms with van der Waals surface area (Å²) in [7, 11) is 0. The zero-order valence-corrected chi connectivity index (χ0v) is 27.2. The molecular formula is C42H27BrN2S. The highest BCUT2D eigenvalue weighted by Crippen LogP contribution is 2.44. The third-order valence-corrected chi connectivity index (χ3v) is 10.6. The topological polar surface area (TPSA) is 8.17 Å². The van der Waals surface area contributed by atoms with E-state index in [1.807, 2.05) is 11.3 Å². The number of aromatic nitrogens is 1. The molecule has 9 rings (SSSR count). The Kier molecular flexibility index (Phi) is 6.51. The summed E-state index contributed by atoms with van der Waals surface area (Å²) in [5.41, 5.74) is 9.26. The van der Waals surface area contributed by atoms with E-state index in [4.69, 9.17) is 0 Å². The van der Waals surface area contributed by atoms with Crippen molar-refractivity contribution in [2.45, 2.75) is 0 Å². The summed E-state index contributed by atoms with van der Waals surface area (Å²) >= 11 is 5.64. The smallest absolute Gasteiger partial charge is 0.0548 e. The number of anilines is 3. The summed E-state index contributed by atoms with van der Waals surface area (Å²) in [6.45, 7) is 0. The van der Waals surface area contributed by atoms with Gasteiger partial charge in [-0.15, -0.1) is 11.3 Å². The molecule has 0 aliphatic rings. The van der Waals surface area contributed by atoms with Crippen LogP contribution in [-0.2, 0) is 0 Å². The second-order valence-electron chi connectivity index (χ2n) is 11.5. The summed E-state index contributed by atoms with van der Waals surface area (Å²) in [6, 6.07) is 59.1. The van der Waals surface area contributed by atoms with Crippen molar-refractivity contribution in [3.05, 3.63) is 168 Å². The quantitative estimate of drug-likeness (QED) is 0.177. The molecule has 0 unspecified atom stereocenters. The van der Waals surface area contributed by atoms with Gasteiger partial charge in [0.05, 0.1) is 11.0 Å². The van der Waals surface area contributed by atoms with Gasteiger partial charge in [-0.3, -0.25) is 0 Å². The number of rotatable bonds is 5. The second kappa shape index (κ2) is 11.0. The predicted octanol–water partition coefficient (Wildman–Crippen LogP) is 13.1. The van der Waals surface area contributed by atoms with Crippen molar-refractivity contribution < 1.29 is 0 Å². The maximum Gasteiger partial charge on any atom is 0.0548 e. The third-order valence-electron chi connectivity index (χ3n) is 8.82. The van der Waals surface area contributed by atoms with E-state index in [1.165, 1.54) is 53.1 Å². The van der Waals surface area contributed by atoms with Crippen molar-refractivity contribution in [2.24, 2.45) is 0 Å². The number of para-hydroxylation sites is 2. The summed E-state index contributed by atoms with van der Waals surface area (Å²) in [4.78, 5) is 2.36. The van der Waals surface area contributed by atoms with Gasteiger partial charge < -0.3 is 9.47 Å². The molecule has 0 saturated heterocycles. The van der Waals surface area contributed by atoms with E-state index >= 15 is 0 Å². The lowest BCUT2D eigenvalue weighted by molar-refractivity contribution is 1.18. The van der Waals surface area contributed by atoms with Gasteiger partial charge in [0.25, 0.3) is 0 Å². The fourth-order valence-corrected chi connectivity index (χ4v) is 8.39. The van der Waals surface area contributed by atoms with Gasteiger partial charge in [0, 0.05) is 58.2 Å². The van der Waals surface area contributed by atoms with Crippen LogP contribution >= 0.6 is 27.3 Å². The molecule has 2 aromatic heterocycles. The minimum atomic E-state index is 1.08. The van der Waals surface area contributed by atoms with Crippen LogP contribution in [0, 0.1) is 0 Å². The Morgan fingerprint density at radius 1 is 0.457 bits per heavy atom. The van der Waals surface area contributed by atoms with Gasteiger partial charge in [0.15, 0.2) is 0 Å². The van der Waals surface area contributed by atoms with E-state index < -0.39 is 0 Å². The number of nitrogens with zero attached hydrogens (tertiary/aromatic N) is 2. The number of hydrogen-bond acceptors (Lipinski definition) is 2. The maximum atomic E-state index is 3.77. The van der Waals surface area contributed by atoms with Crippen molar-refractivity contribution in [3.63, 3.8) is 0 Å².